The summed E-state index contributed by atoms with van der Waals surface area (Å²) in [5, 5.41) is 7.75. The maximum Gasteiger partial charge on any atom is 0.245 e. The average molecular weight is 307 g/mol. The first-order chi connectivity index (χ1) is 9.89. The highest BCUT2D eigenvalue weighted by Crippen LogP contribution is 2.27. The SMILES string of the molecule is Cc1cc(N)c(S(=O)(=O)N2CCn3cnnc3C2)cc1C. The summed E-state index contributed by atoms with van der Waals surface area (Å²) >= 11 is 0. The van der Waals surface area contributed by atoms with Crippen LogP contribution in [0, 0.1) is 13.8 Å². The average Bonchev–Trinajstić information content (AvgIpc) is 2.90. The van der Waals surface area contributed by atoms with E-state index in [1.807, 2.05) is 18.4 Å². The normalized spacial score (nSPS) is 15.9. The zero-order chi connectivity index (χ0) is 15.2. The molecular weight excluding hydrogens is 290 g/mol. The largest absolute Gasteiger partial charge is 0.398 e. The van der Waals surface area contributed by atoms with Crippen LogP contribution < -0.4 is 5.73 Å². The van der Waals surface area contributed by atoms with E-state index in [0.717, 1.165) is 11.1 Å². The number of aryl methyl sites for hydroxylation is 2. The van der Waals surface area contributed by atoms with Crippen LogP contribution in [0.25, 0.3) is 0 Å². The third-order valence-corrected chi connectivity index (χ3v) is 5.75. The molecule has 8 heteroatoms. The minimum atomic E-state index is -3.63. The van der Waals surface area contributed by atoms with Crippen molar-refractivity contribution in [1.82, 2.24) is 19.1 Å². The topological polar surface area (TPSA) is 94.1 Å². The molecule has 7 nitrogen and oxygen atoms in total. The smallest absolute Gasteiger partial charge is 0.245 e. The molecule has 0 radical (unpaired) electrons. The van der Waals surface area contributed by atoms with Gasteiger partial charge >= 0.3 is 0 Å². The number of sulfonamides is 1. The summed E-state index contributed by atoms with van der Waals surface area (Å²) in [5.41, 5.74) is 8.08. The monoisotopic (exact) mass is 307 g/mol. The number of hydrogen-bond donors (Lipinski definition) is 1. The van der Waals surface area contributed by atoms with E-state index >= 15 is 0 Å². The molecule has 0 fully saturated rings. The van der Waals surface area contributed by atoms with E-state index in [1.54, 1.807) is 18.5 Å². The lowest BCUT2D eigenvalue weighted by Gasteiger charge is -2.27. The Morgan fingerprint density at radius 1 is 1.19 bits per heavy atom. The summed E-state index contributed by atoms with van der Waals surface area (Å²) in [6, 6.07) is 3.34. The molecule has 1 aliphatic heterocycles. The highest BCUT2D eigenvalue weighted by atomic mass is 32.2. The number of rotatable bonds is 2. The van der Waals surface area contributed by atoms with Crippen molar-refractivity contribution in [2.75, 3.05) is 12.3 Å². The Kier molecular flexibility index (Phi) is 3.22. The van der Waals surface area contributed by atoms with Gasteiger partial charge in [0.1, 0.15) is 17.0 Å². The molecule has 1 aromatic carbocycles. The van der Waals surface area contributed by atoms with Crippen LogP contribution in [0.2, 0.25) is 0 Å². The molecule has 1 aromatic heterocycles. The van der Waals surface area contributed by atoms with E-state index < -0.39 is 10.0 Å². The van der Waals surface area contributed by atoms with Crippen LogP contribution in [-0.4, -0.2) is 34.0 Å². The molecular formula is C13H17N5O2S. The molecule has 21 heavy (non-hydrogen) atoms. The van der Waals surface area contributed by atoms with Crippen molar-refractivity contribution in [3.8, 4) is 0 Å². The summed E-state index contributed by atoms with van der Waals surface area (Å²) in [6.45, 7) is 4.94. The Morgan fingerprint density at radius 3 is 2.67 bits per heavy atom. The van der Waals surface area contributed by atoms with Gasteiger partial charge in [-0.25, -0.2) is 8.42 Å². The highest BCUT2D eigenvalue weighted by molar-refractivity contribution is 7.89. The van der Waals surface area contributed by atoms with E-state index in [1.165, 1.54) is 4.31 Å². The molecule has 0 bridgehead atoms. The fourth-order valence-corrected chi connectivity index (χ4v) is 3.99. The quantitative estimate of drug-likeness (QED) is 0.823. The Hall–Kier alpha value is -1.93. The fourth-order valence-electron chi connectivity index (χ4n) is 2.42. The minimum absolute atomic E-state index is 0.165. The predicted molar refractivity (Wildman–Crippen MR) is 77.9 cm³/mol. The zero-order valence-electron chi connectivity index (χ0n) is 11.9. The van der Waals surface area contributed by atoms with Crippen molar-refractivity contribution in [1.29, 1.82) is 0 Å². The van der Waals surface area contributed by atoms with E-state index in [-0.39, 0.29) is 17.1 Å². The van der Waals surface area contributed by atoms with Crippen molar-refractivity contribution in [2.45, 2.75) is 31.8 Å². The number of hydrogen-bond acceptors (Lipinski definition) is 5. The van der Waals surface area contributed by atoms with Crippen molar-refractivity contribution >= 4 is 15.7 Å². The lowest BCUT2D eigenvalue weighted by molar-refractivity contribution is 0.335. The van der Waals surface area contributed by atoms with E-state index in [4.69, 9.17) is 5.73 Å². The van der Waals surface area contributed by atoms with Crippen LogP contribution in [0.15, 0.2) is 23.4 Å². The van der Waals surface area contributed by atoms with Gasteiger partial charge in [0.25, 0.3) is 0 Å². The lowest BCUT2D eigenvalue weighted by Crippen LogP contribution is -2.38. The third kappa shape index (κ3) is 2.30. The molecule has 2 N–H and O–H groups in total. The molecule has 112 valence electrons. The maximum absolute atomic E-state index is 12.8. The highest BCUT2D eigenvalue weighted by Gasteiger charge is 2.30. The molecule has 0 aliphatic carbocycles. The van der Waals surface area contributed by atoms with Gasteiger partial charge in [0.15, 0.2) is 0 Å². The van der Waals surface area contributed by atoms with Gasteiger partial charge in [-0.2, -0.15) is 4.31 Å². The number of fused-ring (bicyclic) bond motifs is 1. The van der Waals surface area contributed by atoms with Gasteiger partial charge in [0.05, 0.1) is 12.2 Å². The van der Waals surface area contributed by atoms with Crippen molar-refractivity contribution < 1.29 is 8.42 Å². The fraction of sp³-hybridized carbons (Fsp3) is 0.385. The van der Waals surface area contributed by atoms with E-state index in [9.17, 15) is 8.42 Å². The Labute approximate surface area is 123 Å². The summed E-state index contributed by atoms with van der Waals surface area (Å²) in [4.78, 5) is 0.165. The van der Waals surface area contributed by atoms with Crippen molar-refractivity contribution in [2.24, 2.45) is 0 Å². The number of nitrogens with zero attached hydrogens (tertiary/aromatic N) is 4. The van der Waals surface area contributed by atoms with Crippen LogP contribution in [0.5, 0.6) is 0 Å². The van der Waals surface area contributed by atoms with Crippen LogP contribution >= 0.6 is 0 Å². The van der Waals surface area contributed by atoms with Crippen LogP contribution in [0.1, 0.15) is 17.0 Å². The first-order valence-corrected chi connectivity index (χ1v) is 8.07. The van der Waals surface area contributed by atoms with Gasteiger partial charge in [0, 0.05) is 13.1 Å². The van der Waals surface area contributed by atoms with Gasteiger partial charge in [-0.1, -0.05) is 0 Å². The van der Waals surface area contributed by atoms with Crippen LogP contribution in [0.3, 0.4) is 0 Å². The molecule has 2 aromatic rings. The number of nitrogens with two attached hydrogens (primary N) is 1. The van der Waals surface area contributed by atoms with E-state index in [2.05, 4.69) is 10.2 Å². The number of aromatic nitrogens is 3. The second kappa shape index (κ2) is 4.81. The third-order valence-electron chi connectivity index (χ3n) is 3.85. The number of anilines is 1. The molecule has 0 atom stereocenters. The minimum Gasteiger partial charge on any atom is -0.398 e. The van der Waals surface area contributed by atoms with E-state index in [0.29, 0.717) is 18.9 Å². The second-order valence-electron chi connectivity index (χ2n) is 5.25. The maximum atomic E-state index is 12.8. The summed E-state index contributed by atoms with van der Waals surface area (Å²) < 4.78 is 28.8. The second-order valence-corrected chi connectivity index (χ2v) is 7.16. The standard InChI is InChI=1S/C13H17N5O2S/c1-9-5-11(14)12(6-10(9)2)21(19,20)18-4-3-17-8-15-16-13(17)7-18/h5-6,8H,3-4,7,14H2,1-2H3. The van der Waals surface area contributed by atoms with Crippen molar-refractivity contribution in [3.05, 3.63) is 35.4 Å². The van der Waals surface area contributed by atoms with Gasteiger partial charge in [-0.3, -0.25) is 0 Å². The Bertz CT molecular complexity index is 797. The van der Waals surface area contributed by atoms with Crippen LogP contribution in [0.4, 0.5) is 5.69 Å². The van der Waals surface area contributed by atoms with Crippen LogP contribution in [-0.2, 0) is 23.1 Å². The first kappa shape index (κ1) is 14.0. The lowest BCUT2D eigenvalue weighted by atomic mass is 10.1. The summed E-state index contributed by atoms with van der Waals surface area (Å²) in [5.74, 6) is 0.646. The predicted octanol–water partition coefficient (Wildman–Crippen LogP) is 0.682. The molecule has 0 spiro atoms. The number of benzene rings is 1. The molecule has 2 heterocycles. The van der Waals surface area contributed by atoms with Gasteiger partial charge in [0.2, 0.25) is 10.0 Å². The van der Waals surface area contributed by atoms with Gasteiger partial charge in [-0.05, 0) is 37.1 Å². The van der Waals surface area contributed by atoms with Crippen molar-refractivity contribution in [3.63, 3.8) is 0 Å². The summed E-state index contributed by atoms with van der Waals surface area (Å²) in [7, 11) is -3.63. The molecule has 1 aliphatic rings. The Morgan fingerprint density at radius 2 is 1.90 bits per heavy atom. The molecule has 0 unspecified atom stereocenters. The Balaban J connectivity index is 2.00. The molecule has 0 amide bonds. The first-order valence-electron chi connectivity index (χ1n) is 6.63. The van der Waals surface area contributed by atoms with Gasteiger partial charge in [-0.15, -0.1) is 10.2 Å². The molecule has 0 saturated carbocycles. The molecule has 0 saturated heterocycles. The number of nitrogen functional groups attached to an aromatic ring is 1. The van der Waals surface area contributed by atoms with Gasteiger partial charge < -0.3 is 10.3 Å². The molecule has 3 rings (SSSR count). The zero-order valence-corrected chi connectivity index (χ0v) is 12.8. The summed E-state index contributed by atoms with van der Waals surface area (Å²) in [6.07, 6.45) is 1.61.